The fourth-order valence-electron chi connectivity index (χ4n) is 0.787. The average Bonchev–Trinajstić information content (AvgIpc) is 2.09. The molecule has 66 valence electrons. The monoisotopic (exact) mass is 204 g/mol. The summed E-state index contributed by atoms with van der Waals surface area (Å²) in [7, 11) is 0. The molecule has 1 atom stereocenters. The first kappa shape index (κ1) is 9.75. The van der Waals surface area contributed by atoms with E-state index in [2.05, 4.69) is 9.97 Å². The second-order valence-electron chi connectivity index (χ2n) is 2.53. The lowest BCUT2D eigenvalue weighted by Gasteiger charge is -2.03. The summed E-state index contributed by atoms with van der Waals surface area (Å²) in [6.07, 6.45) is 4.80. The molecule has 0 aliphatic rings. The second kappa shape index (κ2) is 4.63. The molecule has 0 amide bonds. The first-order valence-electron chi connectivity index (χ1n) is 3.83. The first-order valence-corrected chi connectivity index (χ1v) is 4.64. The fraction of sp³-hybridized carbons (Fsp3) is 0.500. The number of hydrogen-bond acceptors (Lipinski definition) is 2. The molecular weight excluding hydrogens is 195 g/mol. The zero-order valence-electron chi connectivity index (χ0n) is 6.80. The van der Waals surface area contributed by atoms with E-state index in [1.807, 2.05) is 6.92 Å². The van der Waals surface area contributed by atoms with Gasteiger partial charge in [-0.15, -0.1) is 11.6 Å². The van der Waals surface area contributed by atoms with Gasteiger partial charge in [0.2, 0.25) is 0 Å². The maximum atomic E-state index is 5.93. The Kier molecular flexibility index (Phi) is 3.76. The molecular formula is C8H10Cl2N2. The van der Waals surface area contributed by atoms with Gasteiger partial charge in [0.15, 0.2) is 0 Å². The minimum atomic E-state index is 0.117. The molecule has 12 heavy (non-hydrogen) atoms. The molecule has 4 heteroatoms. The third-order valence-electron chi connectivity index (χ3n) is 1.52. The molecule has 1 aromatic heterocycles. The Morgan fingerprint density at radius 1 is 1.42 bits per heavy atom. The number of halogens is 2. The summed E-state index contributed by atoms with van der Waals surface area (Å²) in [5.41, 5.74) is 0. The van der Waals surface area contributed by atoms with Crippen molar-refractivity contribution < 1.29 is 0 Å². The van der Waals surface area contributed by atoms with Crippen molar-refractivity contribution in [3.63, 3.8) is 0 Å². The first-order chi connectivity index (χ1) is 5.72. The maximum absolute atomic E-state index is 5.93. The second-order valence-corrected chi connectivity index (χ2v) is 3.58. The minimum absolute atomic E-state index is 0.117. The highest BCUT2D eigenvalue weighted by Gasteiger charge is 2.04. The highest BCUT2D eigenvalue weighted by molar-refractivity contribution is 6.30. The predicted molar refractivity (Wildman–Crippen MR) is 50.7 cm³/mol. The Labute approximate surface area is 81.9 Å². The molecule has 0 N–H and O–H groups in total. The van der Waals surface area contributed by atoms with Gasteiger partial charge in [-0.25, -0.2) is 9.97 Å². The van der Waals surface area contributed by atoms with Crippen LogP contribution in [0.4, 0.5) is 0 Å². The third kappa shape index (κ3) is 2.95. The highest BCUT2D eigenvalue weighted by atomic mass is 35.5. The van der Waals surface area contributed by atoms with E-state index in [0.717, 1.165) is 12.2 Å². The molecule has 0 aliphatic heterocycles. The van der Waals surface area contributed by atoms with Crippen LogP contribution in [0, 0.1) is 0 Å². The fourth-order valence-corrected chi connectivity index (χ4v) is 1.02. The molecule has 0 aromatic carbocycles. The normalized spacial score (nSPS) is 12.9. The summed E-state index contributed by atoms with van der Waals surface area (Å²) in [4.78, 5) is 8.08. The maximum Gasteiger partial charge on any atom is 0.129 e. The number of rotatable bonds is 3. The molecule has 0 saturated carbocycles. The van der Waals surface area contributed by atoms with Crippen molar-refractivity contribution in [2.75, 3.05) is 0 Å². The number of alkyl halides is 1. The van der Waals surface area contributed by atoms with Gasteiger partial charge < -0.3 is 0 Å². The summed E-state index contributed by atoms with van der Waals surface area (Å²) in [5.74, 6) is 0.751. The van der Waals surface area contributed by atoms with Gasteiger partial charge in [-0.3, -0.25) is 0 Å². The van der Waals surface area contributed by atoms with Crippen LogP contribution >= 0.6 is 23.2 Å². The predicted octanol–water partition coefficient (Wildman–Crippen LogP) is 2.69. The van der Waals surface area contributed by atoms with Crippen molar-refractivity contribution in [3.05, 3.63) is 23.2 Å². The largest absolute Gasteiger partial charge is 0.240 e. The van der Waals surface area contributed by atoms with Crippen molar-refractivity contribution in [3.8, 4) is 0 Å². The van der Waals surface area contributed by atoms with Crippen LogP contribution in [-0.2, 0) is 6.42 Å². The lowest BCUT2D eigenvalue weighted by molar-refractivity contribution is 0.761. The van der Waals surface area contributed by atoms with E-state index in [9.17, 15) is 0 Å². The lowest BCUT2D eigenvalue weighted by atomic mass is 10.2. The third-order valence-corrected chi connectivity index (χ3v) is 2.18. The molecule has 0 saturated heterocycles. The van der Waals surface area contributed by atoms with E-state index in [0.29, 0.717) is 11.4 Å². The van der Waals surface area contributed by atoms with Crippen LogP contribution in [0.15, 0.2) is 12.4 Å². The van der Waals surface area contributed by atoms with Crippen LogP contribution in [0.5, 0.6) is 0 Å². The van der Waals surface area contributed by atoms with E-state index in [1.165, 1.54) is 0 Å². The number of nitrogens with zero attached hydrogens (tertiary/aromatic N) is 2. The van der Waals surface area contributed by atoms with Gasteiger partial charge in [-0.2, -0.15) is 0 Å². The molecule has 0 fully saturated rings. The van der Waals surface area contributed by atoms with Gasteiger partial charge in [-0.1, -0.05) is 18.5 Å². The van der Waals surface area contributed by atoms with Gasteiger partial charge in [0, 0.05) is 24.2 Å². The molecule has 1 heterocycles. The molecule has 0 bridgehead atoms. The Hall–Kier alpha value is -0.340. The van der Waals surface area contributed by atoms with E-state index < -0.39 is 0 Å². The van der Waals surface area contributed by atoms with Crippen molar-refractivity contribution in [1.29, 1.82) is 0 Å². The average molecular weight is 205 g/mol. The van der Waals surface area contributed by atoms with E-state index in [4.69, 9.17) is 23.2 Å². The smallest absolute Gasteiger partial charge is 0.129 e. The summed E-state index contributed by atoms with van der Waals surface area (Å²) in [6, 6.07) is 0. The van der Waals surface area contributed by atoms with Crippen molar-refractivity contribution in [2.24, 2.45) is 0 Å². The van der Waals surface area contributed by atoms with Crippen molar-refractivity contribution in [2.45, 2.75) is 25.1 Å². The number of hydrogen-bond donors (Lipinski definition) is 0. The quantitative estimate of drug-likeness (QED) is 0.709. The zero-order chi connectivity index (χ0) is 8.97. The van der Waals surface area contributed by atoms with E-state index in [1.54, 1.807) is 12.4 Å². The van der Waals surface area contributed by atoms with Gasteiger partial charge >= 0.3 is 0 Å². The molecule has 1 rings (SSSR count). The van der Waals surface area contributed by atoms with Crippen LogP contribution in [0.2, 0.25) is 5.02 Å². The van der Waals surface area contributed by atoms with Crippen LogP contribution in [0.25, 0.3) is 0 Å². The van der Waals surface area contributed by atoms with E-state index in [-0.39, 0.29) is 5.38 Å². The molecule has 1 unspecified atom stereocenters. The van der Waals surface area contributed by atoms with Gasteiger partial charge in [0.1, 0.15) is 5.82 Å². The molecule has 0 radical (unpaired) electrons. The number of aromatic nitrogens is 2. The van der Waals surface area contributed by atoms with Crippen molar-refractivity contribution >= 4 is 23.2 Å². The van der Waals surface area contributed by atoms with Crippen LogP contribution in [0.1, 0.15) is 19.2 Å². The minimum Gasteiger partial charge on any atom is -0.240 e. The molecule has 0 spiro atoms. The Morgan fingerprint density at radius 3 is 2.50 bits per heavy atom. The van der Waals surface area contributed by atoms with Gasteiger partial charge in [0.25, 0.3) is 0 Å². The van der Waals surface area contributed by atoms with Gasteiger partial charge in [-0.05, 0) is 6.42 Å². The Balaban J connectivity index is 2.58. The summed E-state index contributed by atoms with van der Waals surface area (Å²) < 4.78 is 0. The van der Waals surface area contributed by atoms with Crippen LogP contribution in [0.3, 0.4) is 0 Å². The van der Waals surface area contributed by atoms with E-state index >= 15 is 0 Å². The lowest BCUT2D eigenvalue weighted by Crippen LogP contribution is -2.04. The topological polar surface area (TPSA) is 25.8 Å². The summed E-state index contributed by atoms with van der Waals surface area (Å²) >= 11 is 11.6. The zero-order valence-corrected chi connectivity index (χ0v) is 8.31. The standard InChI is InChI=1S/C8H10Cl2N2/c1-2-6(9)3-8-11-4-7(10)5-12-8/h4-6H,2-3H2,1H3. The summed E-state index contributed by atoms with van der Waals surface area (Å²) in [6.45, 7) is 2.04. The SMILES string of the molecule is CCC(Cl)Cc1ncc(Cl)cn1. The molecule has 2 nitrogen and oxygen atoms in total. The molecule has 1 aromatic rings. The van der Waals surface area contributed by atoms with Crippen molar-refractivity contribution in [1.82, 2.24) is 9.97 Å². The highest BCUT2D eigenvalue weighted by Crippen LogP contribution is 2.09. The van der Waals surface area contributed by atoms with Gasteiger partial charge in [0.05, 0.1) is 5.02 Å². The van der Waals surface area contributed by atoms with Crippen LogP contribution < -0.4 is 0 Å². The Bertz CT molecular complexity index is 235. The Morgan fingerprint density at radius 2 is 2.00 bits per heavy atom. The van der Waals surface area contributed by atoms with Crippen LogP contribution in [-0.4, -0.2) is 15.3 Å². The summed E-state index contributed by atoms with van der Waals surface area (Å²) in [5, 5.41) is 0.674. The molecule has 0 aliphatic carbocycles.